The Bertz CT molecular complexity index is 253. The van der Waals surface area contributed by atoms with E-state index in [1.165, 1.54) is 6.42 Å². The summed E-state index contributed by atoms with van der Waals surface area (Å²) >= 11 is 0. The highest BCUT2D eigenvalue weighted by Crippen LogP contribution is 2.25. The minimum Gasteiger partial charge on any atom is -0.381 e. The topological polar surface area (TPSA) is 36.9 Å². The zero-order valence-corrected chi connectivity index (χ0v) is 11.2. The van der Waals surface area contributed by atoms with E-state index in [9.17, 15) is 0 Å². The molecule has 0 aliphatic carbocycles. The lowest BCUT2D eigenvalue weighted by atomic mass is 9.93. The highest BCUT2D eigenvalue weighted by Gasteiger charge is 2.29. The smallest absolute Gasteiger partial charge is 0.157 e. The second-order valence-corrected chi connectivity index (χ2v) is 4.91. The van der Waals surface area contributed by atoms with Crippen molar-refractivity contribution in [2.24, 2.45) is 0 Å². The third-order valence-electron chi connectivity index (χ3n) is 3.68. The van der Waals surface area contributed by atoms with Crippen molar-refractivity contribution in [1.82, 2.24) is 0 Å². The average molecular weight is 256 g/mol. The Morgan fingerprint density at radius 1 is 1.22 bits per heavy atom. The molecule has 2 saturated heterocycles. The Labute approximate surface area is 109 Å². The van der Waals surface area contributed by atoms with Crippen molar-refractivity contribution in [3.8, 4) is 0 Å². The van der Waals surface area contributed by atoms with Crippen molar-refractivity contribution in [3.63, 3.8) is 0 Å². The van der Waals surface area contributed by atoms with Crippen LogP contribution in [0.2, 0.25) is 0 Å². The summed E-state index contributed by atoms with van der Waals surface area (Å²) in [6, 6.07) is 0. The van der Waals surface area contributed by atoms with Gasteiger partial charge in [0.2, 0.25) is 0 Å². The molecule has 0 aromatic carbocycles. The summed E-state index contributed by atoms with van der Waals surface area (Å²) in [5.41, 5.74) is -0.158. The highest BCUT2D eigenvalue weighted by molar-refractivity contribution is 5.03. The Kier molecular flexibility index (Phi) is 5.63. The molecule has 1 unspecified atom stereocenters. The van der Waals surface area contributed by atoms with E-state index in [1.54, 1.807) is 7.11 Å². The minimum absolute atomic E-state index is 0.0171. The average Bonchev–Trinajstić information content (AvgIpc) is 2.46. The van der Waals surface area contributed by atoms with Crippen LogP contribution in [0.1, 0.15) is 32.1 Å². The molecule has 0 radical (unpaired) electrons. The van der Waals surface area contributed by atoms with Crippen molar-refractivity contribution in [3.05, 3.63) is 12.2 Å². The second-order valence-electron chi connectivity index (χ2n) is 4.91. The molecule has 0 spiro atoms. The molecule has 18 heavy (non-hydrogen) atoms. The molecule has 0 saturated carbocycles. The molecule has 0 N–H and O–H groups in total. The summed E-state index contributed by atoms with van der Waals surface area (Å²) in [5, 5.41) is 0. The van der Waals surface area contributed by atoms with E-state index in [2.05, 4.69) is 6.08 Å². The van der Waals surface area contributed by atoms with Gasteiger partial charge in [-0.2, -0.15) is 0 Å². The van der Waals surface area contributed by atoms with E-state index >= 15 is 0 Å². The fourth-order valence-electron chi connectivity index (χ4n) is 2.42. The van der Waals surface area contributed by atoms with Gasteiger partial charge in [-0.25, -0.2) is 0 Å². The normalized spacial score (nSPS) is 28.6. The first kappa shape index (κ1) is 14.0. The maximum atomic E-state index is 5.67. The van der Waals surface area contributed by atoms with Gasteiger partial charge in [0.1, 0.15) is 0 Å². The van der Waals surface area contributed by atoms with E-state index in [0.717, 1.165) is 45.5 Å². The number of hydrogen-bond donors (Lipinski definition) is 0. The predicted octanol–water partition coefficient (Wildman–Crippen LogP) is 2.28. The van der Waals surface area contributed by atoms with Crippen LogP contribution >= 0.6 is 0 Å². The first-order valence-electron chi connectivity index (χ1n) is 6.88. The molecular formula is C14H24O4. The van der Waals surface area contributed by atoms with Crippen LogP contribution in [0.3, 0.4) is 0 Å². The van der Waals surface area contributed by atoms with Crippen molar-refractivity contribution in [2.75, 3.05) is 33.5 Å². The maximum Gasteiger partial charge on any atom is 0.157 e. The zero-order valence-electron chi connectivity index (χ0n) is 11.2. The third kappa shape index (κ3) is 4.05. The Hall–Kier alpha value is -0.420. The van der Waals surface area contributed by atoms with Gasteiger partial charge in [-0.1, -0.05) is 12.2 Å². The maximum absolute atomic E-state index is 5.67. The Morgan fingerprint density at radius 3 is 2.72 bits per heavy atom. The first-order valence-corrected chi connectivity index (χ1v) is 6.88. The summed E-state index contributed by atoms with van der Waals surface area (Å²) in [6.07, 6.45) is 9.36. The van der Waals surface area contributed by atoms with Crippen LogP contribution < -0.4 is 0 Å². The molecular weight excluding hydrogens is 232 g/mol. The second kappa shape index (κ2) is 7.24. The lowest BCUT2D eigenvalue weighted by Gasteiger charge is -2.33. The Morgan fingerprint density at radius 2 is 2.06 bits per heavy atom. The van der Waals surface area contributed by atoms with Gasteiger partial charge < -0.3 is 18.9 Å². The van der Waals surface area contributed by atoms with E-state index in [1.807, 2.05) is 6.08 Å². The van der Waals surface area contributed by atoms with Gasteiger partial charge in [0.05, 0.1) is 12.2 Å². The molecule has 2 aliphatic heterocycles. The zero-order chi connectivity index (χ0) is 12.7. The van der Waals surface area contributed by atoms with Crippen molar-refractivity contribution in [1.29, 1.82) is 0 Å². The van der Waals surface area contributed by atoms with Gasteiger partial charge in [0, 0.05) is 39.8 Å². The van der Waals surface area contributed by atoms with Gasteiger partial charge in [-0.05, 0) is 19.3 Å². The van der Waals surface area contributed by atoms with E-state index < -0.39 is 0 Å². The summed E-state index contributed by atoms with van der Waals surface area (Å²) in [7, 11) is 1.76. The predicted molar refractivity (Wildman–Crippen MR) is 68.5 cm³/mol. The molecule has 2 heterocycles. The number of hydrogen-bond acceptors (Lipinski definition) is 4. The molecule has 1 atom stereocenters. The summed E-state index contributed by atoms with van der Waals surface area (Å²) in [6.45, 7) is 2.96. The monoisotopic (exact) mass is 256 g/mol. The van der Waals surface area contributed by atoms with Gasteiger partial charge in [-0.15, -0.1) is 0 Å². The van der Waals surface area contributed by atoms with E-state index in [-0.39, 0.29) is 11.9 Å². The highest BCUT2D eigenvalue weighted by atomic mass is 16.7. The fraction of sp³-hybridized carbons (Fsp3) is 0.857. The van der Waals surface area contributed by atoms with Gasteiger partial charge >= 0.3 is 0 Å². The molecule has 2 rings (SSSR count). The van der Waals surface area contributed by atoms with Crippen LogP contribution in [0, 0.1) is 0 Å². The lowest BCUT2D eigenvalue weighted by molar-refractivity contribution is -0.155. The molecule has 104 valence electrons. The SMILES string of the molecule is COC1(C=CCOC2CCCCO2)CCOCC1. The van der Waals surface area contributed by atoms with Gasteiger partial charge in [0.25, 0.3) is 0 Å². The largest absolute Gasteiger partial charge is 0.381 e. The standard InChI is InChI=1S/C14H24O4/c1-15-14(7-11-16-12-8-14)6-4-10-18-13-5-2-3-9-17-13/h4,6,13H,2-3,5,7-12H2,1H3. The van der Waals surface area contributed by atoms with Crippen LogP contribution in [0.5, 0.6) is 0 Å². The molecule has 0 aromatic rings. The van der Waals surface area contributed by atoms with Gasteiger partial charge in [0.15, 0.2) is 6.29 Å². The van der Waals surface area contributed by atoms with Crippen molar-refractivity contribution >= 4 is 0 Å². The fourth-order valence-corrected chi connectivity index (χ4v) is 2.42. The van der Waals surface area contributed by atoms with Crippen molar-refractivity contribution in [2.45, 2.75) is 44.0 Å². The van der Waals surface area contributed by atoms with Crippen molar-refractivity contribution < 1.29 is 18.9 Å². The van der Waals surface area contributed by atoms with Crippen LogP contribution in [-0.2, 0) is 18.9 Å². The van der Waals surface area contributed by atoms with Crippen LogP contribution in [0.4, 0.5) is 0 Å². The van der Waals surface area contributed by atoms with E-state index in [4.69, 9.17) is 18.9 Å². The lowest BCUT2D eigenvalue weighted by Crippen LogP contribution is -2.36. The molecule has 0 bridgehead atoms. The molecule has 0 aromatic heterocycles. The molecule has 2 fully saturated rings. The number of methoxy groups -OCH3 is 1. The molecule has 0 amide bonds. The quantitative estimate of drug-likeness (QED) is 0.707. The van der Waals surface area contributed by atoms with Crippen LogP contribution in [-0.4, -0.2) is 45.4 Å². The van der Waals surface area contributed by atoms with Gasteiger partial charge in [-0.3, -0.25) is 0 Å². The number of rotatable bonds is 5. The van der Waals surface area contributed by atoms with E-state index in [0.29, 0.717) is 6.61 Å². The summed E-state index contributed by atoms with van der Waals surface area (Å²) in [4.78, 5) is 0. The van der Waals surface area contributed by atoms with Crippen LogP contribution in [0.15, 0.2) is 12.2 Å². The molecule has 4 nitrogen and oxygen atoms in total. The van der Waals surface area contributed by atoms with Crippen LogP contribution in [0.25, 0.3) is 0 Å². The third-order valence-corrected chi connectivity index (χ3v) is 3.68. The Balaban J connectivity index is 1.71. The molecule has 4 heteroatoms. The molecule has 2 aliphatic rings. The summed E-state index contributed by atoms with van der Waals surface area (Å²) < 4.78 is 22.2. The summed E-state index contributed by atoms with van der Waals surface area (Å²) in [5.74, 6) is 0. The minimum atomic E-state index is -0.158. The first-order chi connectivity index (χ1) is 8.85. The number of ether oxygens (including phenoxy) is 4.